The van der Waals surface area contributed by atoms with Gasteiger partial charge in [-0.25, -0.2) is 0 Å². The summed E-state index contributed by atoms with van der Waals surface area (Å²) in [6.45, 7) is 10.5. The average Bonchev–Trinajstić information content (AvgIpc) is 4.06. The number of unbranched alkanes of at least 4 members (excludes halogenated alkanes) is 16. The molecule has 0 fully saturated rings. The van der Waals surface area contributed by atoms with Crippen LogP contribution in [0.4, 0.5) is 11.4 Å². The highest BCUT2D eigenvalue weighted by atomic mass is 79.9. The van der Waals surface area contributed by atoms with Crippen molar-refractivity contribution in [2.24, 2.45) is 11.8 Å². The number of hydrogen-bond donors (Lipinski definition) is 0. The van der Waals surface area contributed by atoms with E-state index < -0.39 is 0 Å². The zero-order chi connectivity index (χ0) is 45.3. The number of carbonyl (C=O) groups excluding carboxylic acids is 2. The largest absolute Gasteiger partial charge is 0.307 e. The predicted octanol–water partition coefficient (Wildman–Crippen LogP) is 18.9. The molecular weight excluding hydrogens is 957 g/mol. The summed E-state index contributed by atoms with van der Waals surface area (Å²) >= 11 is 10.8. The van der Waals surface area contributed by atoms with Crippen molar-refractivity contribution >= 4 is 88.9 Å². The quantitative estimate of drug-likeness (QED) is 0.0386. The van der Waals surface area contributed by atoms with E-state index in [-0.39, 0.29) is 11.8 Å². The van der Waals surface area contributed by atoms with Crippen LogP contribution in [0.5, 0.6) is 0 Å². The number of hydrogen-bond acceptors (Lipinski definition) is 4. The first-order valence-electron chi connectivity index (χ1n) is 25.5. The molecule has 0 saturated heterocycles. The van der Waals surface area contributed by atoms with E-state index >= 15 is 9.59 Å². The van der Waals surface area contributed by atoms with Gasteiger partial charge in [0.05, 0.1) is 30.1 Å². The van der Waals surface area contributed by atoms with Crippen molar-refractivity contribution < 1.29 is 9.59 Å². The molecule has 0 saturated carbocycles. The first-order valence-corrected chi connectivity index (χ1v) is 28.7. The molecule has 64 heavy (non-hydrogen) atoms. The zero-order valence-corrected chi connectivity index (χ0v) is 44.4. The SMILES string of the molecule is CCCCCCCCC(CCCCCC)CN1C(=O)/C(=C2\C(=O)N(CC(CCCCCC)CCCCCCCC)c3cc(-c4ccc(Br)s4)ccc32)c2ccc(-c3ccc(Br)s3)cc21. The highest BCUT2D eigenvalue weighted by Gasteiger charge is 2.43. The van der Waals surface area contributed by atoms with Crippen molar-refractivity contribution in [2.45, 2.75) is 182 Å². The minimum absolute atomic E-state index is 0.00776. The van der Waals surface area contributed by atoms with Crippen LogP contribution < -0.4 is 9.80 Å². The molecule has 348 valence electrons. The monoisotopic (exact) mass is 1030 g/mol. The van der Waals surface area contributed by atoms with Crippen molar-refractivity contribution in [3.05, 3.63) is 79.4 Å². The molecule has 6 rings (SSSR count). The first-order chi connectivity index (χ1) is 31.3. The fourth-order valence-corrected chi connectivity index (χ4v) is 12.8. The molecule has 4 heterocycles. The number of thiophene rings is 2. The lowest BCUT2D eigenvalue weighted by Gasteiger charge is -2.25. The van der Waals surface area contributed by atoms with Gasteiger partial charge in [-0.3, -0.25) is 9.59 Å². The van der Waals surface area contributed by atoms with Gasteiger partial charge in [0.1, 0.15) is 0 Å². The van der Waals surface area contributed by atoms with Crippen LogP contribution in [-0.2, 0) is 9.59 Å². The summed E-state index contributed by atoms with van der Waals surface area (Å²) < 4.78 is 2.18. The molecule has 4 aromatic rings. The predicted molar refractivity (Wildman–Crippen MR) is 287 cm³/mol. The lowest BCUT2D eigenvalue weighted by molar-refractivity contribution is -0.114. The van der Waals surface area contributed by atoms with Gasteiger partial charge in [0.2, 0.25) is 0 Å². The highest BCUT2D eigenvalue weighted by molar-refractivity contribution is 9.11. The number of fused-ring (bicyclic) bond motifs is 2. The molecule has 0 aliphatic carbocycles. The number of halogens is 2. The number of amides is 2. The minimum atomic E-state index is -0.00776. The van der Waals surface area contributed by atoms with Crippen LogP contribution >= 0.6 is 54.5 Å². The van der Waals surface area contributed by atoms with Gasteiger partial charge >= 0.3 is 0 Å². The smallest absolute Gasteiger partial charge is 0.259 e. The highest BCUT2D eigenvalue weighted by Crippen LogP contribution is 2.50. The van der Waals surface area contributed by atoms with E-state index in [1.807, 2.05) is 0 Å². The summed E-state index contributed by atoms with van der Waals surface area (Å²) in [7, 11) is 0. The third-order valence-corrected chi connectivity index (χ3v) is 17.1. The Labute approximate surface area is 412 Å². The van der Waals surface area contributed by atoms with Crippen molar-refractivity contribution in [2.75, 3.05) is 22.9 Å². The van der Waals surface area contributed by atoms with Gasteiger partial charge in [0, 0.05) is 34.0 Å². The number of carbonyl (C=O) groups is 2. The summed E-state index contributed by atoms with van der Waals surface area (Å²) in [6.07, 6.45) is 29.6. The Morgan fingerprint density at radius 3 is 1.09 bits per heavy atom. The van der Waals surface area contributed by atoms with Crippen LogP contribution in [0.15, 0.2) is 68.2 Å². The number of nitrogens with zero attached hydrogens (tertiary/aromatic N) is 2. The van der Waals surface area contributed by atoms with E-state index in [0.29, 0.717) is 36.1 Å². The molecule has 2 unspecified atom stereocenters. The Balaban J connectivity index is 1.40. The van der Waals surface area contributed by atoms with Gasteiger partial charge in [-0.2, -0.15) is 0 Å². The minimum Gasteiger partial charge on any atom is -0.307 e. The molecule has 0 radical (unpaired) electrons. The van der Waals surface area contributed by atoms with Crippen molar-refractivity contribution in [3.8, 4) is 20.9 Å². The molecule has 2 aliphatic heterocycles. The van der Waals surface area contributed by atoms with Gasteiger partial charge in [-0.05, 0) is 117 Å². The molecule has 2 amide bonds. The van der Waals surface area contributed by atoms with Crippen molar-refractivity contribution in [1.29, 1.82) is 0 Å². The average molecular weight is 1030 g/mol. The number of rotatable bonds is 30. The topological polar surface area (TPSA) is 40.6 Å². The molecule has 0 N–H and O–H groups in total. The summed E-state index contributed by atoms with van der Waals surface area (Å²) in [5.74, 6) is 0.808. The standard InChI is InChI=1S/C56H76Br2N2O2S2/c1-5-9-13-17-19-23-27-41(25-21-15-11-7-3)39-59-47-37-43(49-33-35-51(57)63-49)29-31-45(47)53(55(59)61)54-46-32-30-44(50-34-36-52(58)64-50)38-48(46)60(56(54)62)40-42(26-22-16-12-8-4)28-24-20-18-14-10-6-2/h29-38,41-42H,5-28,39-40H2,1-4H3/b54-53-. The summed E-state index contributed by atoms with van der Waals surface area (Å²) in [4.78, 5) is 37.5. The Kier molecular flexibility index (Phi) is 21.2. The Bertz CT molecular complexity index is 1970. The van der Waals surface area contributed by atoms with Gasteiger partial charge in [-0.1, -0.05) is 180 Å². The van der Waals surface area contributed by atoms with Gasteiger partial charge in [0.25, 0.3) is 11.8 Å². The molecule has 2 atom stereocenters. The molecule has 2 aliphatic rings. The van der Waals surface area contributed by atoms with Gasteiger partial charge < -0.3 is 9.80 Å². The summed E-state index contributed by atoms with van der Waals surface area (Å²) in [6, 6.07) is 21.6. The first kappa shape index (κ1) is 50.9. The molecule has 2 aromatic carbocycles. The van der Waals surface area contributed by atoms with Crippen LogP contribution in [0.1, 0.15) is 193 Å². The van der Waals surface area contributed by atoms with Crippen molar-refractivity contribution in [1.82, 2.24) is 0 Å². The van der Waals surface area contributed by atoms with Gasteiger partial charge in [0.15, 0.2) is 0 Å². The number of anilines is 2. The van der Waals surface area contributed by atoms with E-state index in [4.69, 9.17) is 0 Å². The second kappa shape index (κ2) is 26.7. The van der Waals surface area contributed by atoms with Crippen LogP contribution in [0.3, 0.4) is 0 Å². The fraction of sp³-hybridized carbons (Fsp3) is 0.571. The lowest BCUT2D eigenvalue weighted by Crippen LogP contribution is -2.34. The van der Waals surface area contributed by atoms with Crippen LogP contribution in [0.25, 0.3) is 32.0 Å². The normalized spacial score (nSPS) is 15.7. The Morgan fingerprint density at radius 1 is 0.438 bits per heavy atom. The maximum absolute atomic E-state index is 15.5. The number of benzene rings is 2. The molecule has 0 spiro atoms. The fourth-order valence-electron chi connectivity index (χ4n) is 10.1. The van der Waals surface area contributed by atoms with E-state index in [1.165, 1.54) is 138 Å². The second-order valence-corrected chi connectivity index (χ2v) is 23.7. The zero-order valence-electron chi connectivity index (χ0n) is 39.6. The third kappa shape index (κ3) is 13.8. The van der Waals surface area contributed by atoms with E-state index in [1.54, 1.807) is 22.7 Å². The molecular formula is C56H76Br2N2O2S2. The Morgan fingerprint density at radius 2 is 0.766 bits per heavy atom. The molecule has 2 aromatic heterocycles. The maximum atomic E-state index is 15.5. The van der Waals surface area contributed by atoms with Gasteiger partial charge in [-0.15, -0.1) is 22.7 Å². The third-order valence-electron chi connectivity index (χ3n) is 13.7. The second-order valence-electron chi connectivity index (χ2n) is 18.8. The summed E-state index contributed by atoms with van der Waals surface area (Å²) in [5, 5.41) is 0. The molecule has 8 heteroatoms. The van der Waals surface area contributed by atoms with Crippen LogP contribution in [0, 0.1) is 11.8 Å². The summed E-state index contributed by atoms with van der Waals surface area (Å²) in [5.41, 5.74) is 7.13. The van der Waals surface area contributed by atoms with E-state index in [9.17, 15) is 0 Å². The van der Waals surface area contributed by atoms with Crippen molar-refractivity contribution in [3.63, 3.8) is 0 Å². The molecule has 4 nitrogen and oxygen atoms in total. The Hall–Kier alpha value is -2.52. The van der Waals surface area contributed by atoms with Crippen LogP contribution in [-0.4, -0.2) is 24.9 Å². The van der Waals surface area contributed by atoms with E-state index in [0.717, 1.165) is 66.9 Å². The van der Waals surface area contributed by atoms with E-state index in [2.05, 4.69) is 130 Å². The van der Waals surface area contributed by atoms with Crippen LogP contribution in [0.2, 0.25) is 0 Å². The maximum Gasteiger partial charge on any atom is 0.259 e. The lowest BCUT2D eigenvalue weighted by atomic mass is 9.93. The molecule has 0 bridgehead atoms.